The molecule has 0 fully saturated rings. The Kier molecular flexibility index (Phi) is 7.69. The number of thiophene rings is 1. The van der Waals surface area contributed by atoms with Gasteiger partial charge in [0.25, 0.3) is 0 Å². The second kappa shape index (κ2) is 13.6. The lowest BCUT2D eigenvalue weighted by atomic mass is 9.70. The van der Waals surface area contributed by atoms with Crippen LogP contribution in [0.4, 0.5) is 0 Å². The standard InChI is InChI=1S/C58H35N3S/c1-2-14-37(15-3-1)41-16-4-5-21-47(41)57-60-55(38-28-26-36(27-29-38)39-31-33-54-48(34-39)46-20-9-13-25-53(46)62-54)59-56(61-57)40-30-32-45-44-19-8-12-24-51(44)58(52(45)35-40)49-22-10-6-17-42(49)43-18-7-11-23-50(43)58/h1-35H. The van der Waals surface area contributed by atoms with Gasteiger partial charge in [-0.15, -0.1) is 11.3 Å². The molecule has 2 heterocycles. The average molecular weight is 806 g/mol. The van der Waals surface area contributed by atoms with Gasteiger partial charge in [0.05, 0.1) is 5.41 Å². The van der Waals surface area contributed by atoms with E-state index >= 15 is 0 Å². The molecule has 288 valence electrons. The fourth-order valence-electron chi connectivity index (χ4n) is 10.3. The minimum absolute atomic E-state index is 0.470. The summed E-state index contributed by atoms with van der Waals surface area (Å²) in [5.74, 6) is 1.91. The lowest BCUT2D eigenvalue weighted by molar-refractivity contribution is 0.794. The molecule has 0 unspecified atom stereocenters. The van der Waals surface area contributed by atoms with Gasteiger partial charge in [-0.1, -0.05) is 188 Å². The van der Waals surface area contributed by atoms with Gasteiger partial charge in [0.2, 0.25) is 0 Å². The monoisotopic (exact) mass is 805 g/mol. The van der Waals surface area contributed by atoms with Crippen LogP contribution in [-0.4, -0.2) is 15.0 Å². The van der Waals surface area contributed by atoms with Crippen molar-refractivity contribution in [3.8, 4) is 78.7 Å². The third-order valence-electron chi connectivity index (χ3n) is 13.0. The molecule has 0 atom stereocenters. The molecule has 1 spiro atoms. The summed E-state index contributed by atoms with van der Waals surface area (Å²) < 4.78 is 2.61. The van der Waals surface area contributed by atoms with Crippen LogP contribution in [0.5, 0.6) is 0 Å². The van der Waals surface area contributed by atoms with E-state index in [0.717, 1.165) is 33.4 Å². The molecule has 0 aliphatic heterocycles. The summed E-state index contributed by atoms with van der Waals surface area (Å²) in [6.07, 6.45) is 0. The van der Waals surface area contributed by atoms with Crippen molar-refractivity contribution < 1.29 is 0 Å². The molecule has 0 saturated heterocycles. The van der Waals surface area contributed by atoms with Crippen molar-refractivity contribution in [3.63, 3.8) is 0 Å². The first-order chi connectivity index (χ1) is 30.7. The van der Waals surface area contributed by atoms with Crippen LogP contribution in [0.3, 0.4) is 0 Å². The van der Waals surface area contributed by atoms with E-state index in [1.807, 2.05) is 11.3 Å². The third-order valence-corrected chi connectivity index (χ3v) is 14.1. The predicted octanol–water partition coefficient (Wildman–Crippen LogP) is 14.9. The minimum atomic E-state index is -0.470. The zero-order valence-corrected chi connectivity index (χ0v) is 34.3. The summed E-state index contributed by atoms with van der Waals surface area (Å²) in [5.41, 5.74) is 17.1. The summed E-state index contributed by atoms with van der Waals surface area (Å²) in [6.45, 7) is 0. The van der Waals surface area contributed by atoms with Crippen LogP contribution < -0.4 is 0 Å². The van der Waals surface area contributed by atoms with Crippen molar-refractivity contribution in [3.05, 3.63) is 235 Å². The normalized spacial score (nSPS) is 13.0. The van der Waals surface area contributed by atoms with Crippen LogP contribution in [0.15, 0.2) is 212 Å². The van der Waals surface area contributed by atoms with E-state index < -0.39 is 5.41 Å². The van der Waals surface area contributed by atoms with Gasteiger partial charge < -0.3 is 0 Å². The summed E-state index contributed by atoms with van der Waals surface area (Å²) in [4.78, 5) is 16.0. The Morgan fingerprint density at radius 2 is 0.758 bits per heavy atom. The molecular weight excluding hydrogens is 771 g/mol. The zero-order valence-electron chi connectivity index (χ0n) is 33.5. The Hall–Kier alpha value is -7.79. The van der Waals surface area contributed by atoms with Crippen molar-refractivity contribution in [2.24, 2.45) is 0 Å². The van der Waals surface area contributed by atoms with Crippen LogP contribution in [0.1, 0.15) is 22.3 Å². The Balaban J connectivity index is 0.995. The van der Waals surface area contributed by atoms with E-state index in [1.54, 1.807) is 0 Å². The molecule has 0 saturated carbocycles. The molecule has 4 heteroatoms. The number of rotatable bonds is 5. The van der Waals surface area contributed by atoms with Crippen LogP contribution in [0, 0.1) is 0 Å². The van der Waals surface area contributed by atoms with Gasteiger partial charge in [0.15, 0.2) is 17.5 Å². The quantitative estimate of drug-likeness (QED) is 0.174. The number of fused-ring (bicyclic) bond motifs is 13. The summed E-state index contributed by atoms with van der Waals surface area (Å²) in [6, 6.07) is 76.7. The van der Waals surface area contributed by atoms with E-state index in [2.05, 4.69) is 212 Å². The fourth-order valence-corrected chi connectivity index (χ4v) is 11.3. The second-order valence-corrected chi connectivity index (χ2v) is 17.3. The highest BCUT2D eigenvalue weighted by Crippen LogP contribution is 2.63. The lowest BCUT2D eigenvalue weighted by Crippen LogP contribution is -2.25. The number of hydrogen-bond donors (Lipinski definition) is 0. The van der Waals surface area contributed by atoms with Gasteiger partial charge in [-0.25, -0.2) is 15.0 Å². The Morgan fingerprint density at radius 1 is 0.274 bits per heavy atom. The maximum absolute atomic E-state index is 5.36. The summed E-state index contributed by atoms with van der Waals surface area (Å²) in [7, 11) is 0. The molecule has 3 nitrogen and oxygen atoms in total. The van der Waals surface area contributed by atoms with E-state index in [-0.39, 0.29) is 0 Å². The molecule has 0 bridgehead atoms. The Morgan fingerprint density at radius 3 is 1.45 bits per heavy atom. The molecule has 2 aliphatic carbocycles. The highest BCUT2D eigenvalue weighted by Gasteiger charge is 2.51. The maximum atomic E-state index is 5.36. The van der Waals surface area contributed by atoms with Crippen LogP contribution in [0.25, 0.3) is 98.8 Å². The van der Waals surface area contributed by atoms with E-state index in [4.69, 9.17) is 15.0 Å². The molecular formula is C58H35N3S. The second-order valence-electron chi connectivity index (χ2n) is 16.3. The van der Waals surface area contributed by atoms with Gasteiger partial charge in [-0.2, -0.15) is 0 Å². The van der Waals surface area contributed by atoms with Crippen LogP contribution in [0.2, 0.25) is 0 Å². The number of aromatic nitrogens is 3. The molecule has 11 aromatic rings. The highest BCUT2D eigenvalue weighted by atomic mass is 32.1. The van der Waals surface area contributed by atoms with E-state index in [0.29, 0.717) is 17.5 Å². The van der Waals surface area contributed by atoms with Crippen molar-refractivity contribution >= 4 is 31.5 Å². The minimum Gasteiger partial charge on any atom is -0.208 e. The van der Waals surface area contributed by atoms with E-state index in [9.17, 15) is 0 Å². The predicted molar refractivity (Wildman–Crippen MR) is 256 cm³/mol. The van der Waals surface area contributed by atoms with Crippen LogP contribution in [-0.2, 0) is 5.41 Å². The van der Waals surface area contributed by atoms with Crippen molar-refractivity contribution in [1.82, 2.24) is 15.0 Å². The number of hydrogen-bond acceptors (Lipinski definition) is 4. The van der Waals surface area contributed by atoms with Crippen LogP contribution >= 0.6 is 11.3 Å². The average Bonchev–Trinajstić information content (AvgIpc) is 3.98. The smallest absolute Gasteiger partial charge is 0.164 e. The lowest BCUT2D eigenvalue weighted by Gasteiger charge is -2.30. The van der Waals surface area contributed by atoms with Crippen molar-refractivity contribution in [1.29, 1.82) is 0 Å². The topological polar surface area (TPSA) is 38.7 Å². The summed E-state index contributed by atoms with van der Waals surface area (Å²) in [5, 5.41) is 2.59. The molecule has 0 radical (unpaired) electrons. The molecule has 2 aromatic heterocycles. The van der Waals surface area contributed by atoms with E-state index in [1.165, 1.54) is 70.2 Å². The van der Waals surface area contributed by atoms with Gasteiger partial charge in [-0.05, 0) is 91.0 Å². The molecule has 13 rings (SSSR count). The number of nitrogens with zero attached hydrogens (tertiary/aromatic N) is 3. The van der Waals surface area contributed by atoms with Gasteiger partial charge in [0.1, 0.15) is 0 Å². The maximum Gasteiger partial charge on any atom is 0.164 e. The highest BCUT2D eigenvalue weighted by molar-refractivity contribution is 7.25. The first-order valence-electron chi connectivity index (χ1n) is 21.1. The molecule has 0 N–H and O–H groups in total. The summed E-state index contributed by atoms with van der Waals surface area (Å²) >= 11 is 1.84. The zero-order chi connectivity index (χ0) is 40.8. The van der Waals surface area contributed by atoms with Gasteiger partial charge in [0, 0.05) is 36.9 Å². The largest absolute Gasteiger partial charge is 0.208 e. The first kappa shape index (κ1) is 35.0. The Labute approximate surface area is 363 Å². The molecule has 0 amide bonds. The third kappa shape index (κ3) is 5.14. The van der Waals surface area contributed by atoms with Crippen molar-refractivity contribution in [2.45, 2.75) is 5.41 Å². The first-order valence-corrected chi connectivity index (χ1v) is 21.9. The van der Waals surface area contributed by atoms with Gasteiger partial charge in [-0.3, -0.25) is 0 Å². The molecule has 62 heavy (non-hydrogen) atoms. The van der Waals surface area contributed by atoms with Crippen molar-refractivity contribution in [2.75, 3.05) is 0 Å². The molecule has 9 aromatic carbocycles. The molecule has 2 aliphatic rings. The van der Waals surface area contributed by atoms with Gasteiger partial charge >= 0.3 is 0 Å². The SMILES string of the molecule is c1ccc(-c2ccccc2-c2nc(-c3ccc(-c4ccc5sc6ccccc6c5c4)cc3)nc(-c3ccc4c(c3)C3(c5ccccc5-c5ccccc53)c3ccccc3-4)n2)cc1. The number of benzene rings is 9. The fraction of sp³-hybridized carbons (Fsp3) is 0.0172. The Bertz CT molecular complexity index is 3520.